The van der Waals surface area contributed by atoms with Gasteiger partial charge in [-0.05, 0) is 11.4 Å². The van der Waals surface area contributed by atoms with Gasteiger partial charge < -0.3 is 4.52 Å². The van der Waals surface area contributed by atoms with E-state index < -0.39 is 0 Å². The maximum Gasteiger partial charge on any atom is 0.124 e. The van der Waals surface area contributed by atoms with Gasteiger partial charge in [0.05, 0.1) is 5.38 Å². The average Bonchev–Trinajstić information content (AvgIpc) is 2.59. The largest absolute Gasteiger partial charge is 0.364 e. The summed E-state index contributed by atoms with van der Waals surface area (Å²) in [6.07, 6.45) is 1.56. The van der Waals surface area contributed by atoms with E-state index in [1.165, 1.54) is 11.3 Å². The molecule has 0 N–H and O–H groups in total. The fourth-order valence-electron chi connectivity index (χ4n) is 0.723. The molecular formula is C7H4NOS. The highest BCUT2D eigenvalue weighted by Crippen LogP contribution is 2.18. The zero-order chi connectivity index (χ0) is 6.81. The van der Waals surface area contributed by atoms with Gasteiger partial charge in [-0.2, -0.15) is 0 Å². The molecule has 2 rings (SSSR count). The summed E-state index contributed by atoms with van der Waals surface area (Å²) in [5.41, 5.74) is 1.85. The van der Waals surface area contributed by atoms with E-state index in [4.69, 9.17) is 0 Å². The molecular weight excluding hydrogens is 146 g/mol. The lowest BCUT2D eigenvalue weighted by Crippen LogP contribution is -1.68. The molecule has 0 saturated heterocycles. The van der Waals surface area contributed by atoms with Crippen LogP contribution in [0.2, 0.25) is 0 Å². The SMILES string of the molecule is [c]1sccc1-c1ccon1. The number of hydrogen-bond donors (Lipinski definition) is 0. The van der Waals surface area contributed by atoms with Crippen molar-refractivity contribution in [3.05, 3.63) is 29.2 Å². The standard InChI is InChI=1S/C7H4NOS/c1-3-9-8-7(1)6-2-4-10-5-6/h1-4H. The van der Waals surface area contributed by atoms with Crippen molar-refractivity contribution in [2.24, 2.45) is 0 Å². The maximum absolute atomic E-state index is 4.67. The lowest BCUT2D eigenvalue weighted by molar-refractivity contribution is 0.422. The Labute approximate surface area is 62.1 Å². The van der Waals surface area contributed by atoms with Crippen LogP contribution in [0.25, 0.3) is 11.3 Å². The fraction of sp³-hybridized carbons (Fsp3) is 0. The van der Waals surface area contributed by atoms with E-state index in [2.05, 4.69) is 15.1 Å². The molecule has 0 aromatic carbocycles. The van der Waals surface area contributed by atoms with Gasteiger partial charge in [0.1, 0.15) is 12.0 Å². The number of nitrogens with zero attached hydrogens (tertiary/aromatic N) is 1. The van der Waals surface area contributed by atoms with Gasteiger partial charge in [-0.1, -0.05) is 5.16 Å². The van der Waals surface area contributed by atoms with Crippen LogP contribution in [0.5, 0.6) is 0 Å². The van der Waals surface area contributed by atoms with Crippen LogP contribution in [0.15, 0.2) is 28.3 Å². The number of rotatable bonds is 1. The van der Waals surface area contributed by atoms with Crippen LogP contribution in [0.4, 0.5) is 0 Å². The van der Waals surface area contributed by atoms with Gasteiger partial charge in [0, 0.05) is 11.6 Å². The van der Waals surface area contributed by atoms with E-state index in [0.717, 1.165) is 11.3 Å². The molecule has 2 aromatic rings. The summed E-state index contributed by atoms with van der Waals surface area (Å²) in [5.74, 6) is 0. The molecule has 10 heavy (non-hydrogen) atoms. The first-order valence-electron chi connectivity index (χ1n) is 2.83. The lowest BCUT2D eigenvalue weighted by atomic mass is 10.2. The average molecular weight is 150 g/mol. The van der Waals surface area contributed by atoms with Crippen LogP contribution in [-0.4, -0.2) is 5.16 Å². The van der Waals surface area contributed by atoms with Crippen LogP contribution in [0.1, 0.15) is 0 Å². The van der Waals surface area contributed by atoms with E-state index in [-0.39, 0.29) is 0 Å². The van der Waals surface area contributed by atoms with Gasteiger partial charge in [-0.15, -0.1) is 11.3 Å². The Morgan fingerprint density at radius 2 is 2.50 bits per heavy atom. The highest BCUT2D eigenvalue weighted by atomic mass is 32.1. The minimum absolute atomic E-state index is 0.848. The van der Waals surface area contributed by atoms with E-state index in [1.807, 2.05) is 17.5 Å². The molecule has 0 saturated carbocycles. The molecule has 0 fully saturated rings. The second kappa shape index (κ2) is 2.27. The van der Waals surface area contributed by atoms with Crippen LogP contribution in [-0.2, 0) is 0 Å². The first kappa shape index (κ1) is 5.68. The third kappa shape index (κ3) is 0.844. The molecule has 0 aliphatic heterocycles. The summed E-state index contributed by atoms with van der Waals surface area (Å²) < 4.78 is 4.67. The highest BCUT2D eigenvalue weighted by molar-refractivity contribution is 7.07. The van der Waals surface area contributed by atoms with Gasteiger partial charge in [0.15, 0.2) is 0 Å². The predicted molar refractivity (Wildman–Crippen MR) is 38.7 cm³/mol. The monoisotopic (exact) mass is 150 g/mol. The predicted octanol–water partition coefficient (Wildman–Crippen LogP) is 2.20. The maximum atomic E-state index is 4.67. The Morgan fingerprint density at radius 3 is 3.10 bits per heavy atom. The van der Waals surface area contributed by atoms with Crippen molar-refractivity contribution in [1.82, 2.24) is 5.16 Å². The van der Waals surface area contributed by atoms with Crippen molar-refractivity contribution in [2.45, 2.75) is 0 Å². The first-order valence-corrected chi connectivity index (χ1v) is 3.71. The normalized spacial score (nSPS) is 10.0. The van der Waals surface area contributed by atoms with E-state index in [9.17, 15) is 0 Å². The number of hydrogen-bond acceptors (Lipinski definition) is 3. The molecule has 0 spiro atoms. The Kier molecular flexibility index (Phi) is 1.29. The van der Waals surface area contributed by atoms with Crippen LogP contribution < -0.4 is 0 Å². The minimum atomic E-state index is 0.848. The van der Waals surface area contributed by atoms with Gasteiger partial charge in [-0.3, -0.25) is 0 Å². The van der Waals surface area contributed by atoms with Crippen molar-refractivity contribution in [3.63, 3.8) is 0 Å². The van der Waals surface area contributed by atoms with Gasteiger partial charge >= 0.3 is 0 Å². The molecule has 2 heterocycles. The highest BCUT2D eigenvalue weighted by Gasteiger charge is 1.99. The zero-order valence-corrected chi connectivity index (χ0v) is 5.89. The van der Waals surface area contributed by atoms with E-state index >= 15 is 0 Å². The topological polar surface area (TPSA) is 26.0 Å². The Balaban J connectivity index is 2.48. The molecule has 0 unspecified atom stereocenters. The molecule has 3 heteroatoms. The smallest absolute Gasteiger partial charge is 0.124 e. The number of aromatic nitrogens is 1. The van der Waals surface area contributed by atoms with Crippen LogP contribution in [0.3, 0.4) is 0 Å². The first-order chi connectivity index (χ1) is 4.97. The van der Waals surface area contributed by atoms with Crippen molar-refractivity contribution in [2.75, 3.05) is 0 Å². The summed E-state index contributed by atoms with van der Waals surface area (Å²) in [5, 5.41) is 8.78. The molecule has 0 amide bonds. The summed E-state index contributed by atoms with van der Waals surface area (Å²) in [6, 6.07) is 3.78. The van der Waals surface area contributed by atoms with Crippen LogP contribution in [0, 0.1) is 5.38 Å². The molecule has 2 aromatic heterocycles. The van der Waals surface area contributed by atoms with Crippen molar-refractivity contribution >= 4 is 11.3 Å². The molecule has 0 atom stereocenters. The molecule has 49 valence electrons. The second-order valence-corrected chi connectivity index (χ2v) is 2.53. The Morgan fingerprint density at radius 1 is 1.50 bits per heavy atom. The summed E-state index contributed by atoms with van der Waals surface area (Å²) in [6.45, 7) is 0. The summed E-state index contributed by atoms with van der Waals surface area (Å²) in [4.78, 5) is 0. The molecule has 0 aliphatic rings. The van der Waals surface area contributed by atoms with Gasteiger partial charge in [-0.25, -0.2) is 0 Å². The molecule has 0 bridgehead atoms. The Bertz CT molecular complexity index is 253. The quantitative estimate of drug-likeness (QED) is 0.622. The van der Waals surface area contributed by atoms with Crippen molar-refractivity contribution < 1.29 is 4.52 Å². The van der Waals surface area contributed by atoms with Crippen molar-refractivity contribution in [3.8, 4) is 11.3 Å². The fourth-order valence-corrected chi connectivity index (χ4v) is 1.29. The minimum Gasteiger partial charge on any atom is -0.364 e. The molecule has 0 aliphatic carbocycles. The third-order valence-electron chi connectivity index (χ3n) is 1.19. The van der Waals surface area contributed by atoms with Gasteiger partial charge in [0.25, 0.3) is 0 Å². The molecule has 1 radical (unpaired) electrons. The Hall–Kier alpha value is -1.09. The van der Waals surface area contributed by atoms with Crippen LogP contribution >= 0.6 is 11.3 Å². The lowest BCUT2D eigenvalue weighted by Gasteiger charge is -1.81. The van der Waals surface area contributed by atoms with E-state index in [1.54, 1.807) is 6.26 Å². The summed E-state index contributed by atoms with van der Waals surface area (Å²) >= 11 is 1.53. The zero-order valence-electron chi connectivity index (χ0n) is 5.07. The third-order valence-corrected chi connectivity index (χ3v) is 1.80. The van der Waals surface area contributed by atoms with Gasteiger partial charge in [0.2, 0.25) is 0 Å². The molecule has 2 nitrogen and oxygen atoms in total. The summed E-state index contributed by atoms with van der Waals surface area (Å²) in [7, 11) is 0. The number of thiophene rings is 1. The second-order valence-electron chi connectivity index (χ2n) is 1.82. The van der Waals surface area contributed by atoms with Crippen molar-refractivity contribution in [1.29, 1.82) is 0 Å². The van der Waals surface area contributed by atoms with E-state index in [0.29, 0.717) is 0 Å².